The zero-order valence-corrected chi connectivity index (χ0v) is 5.64. The van der Waals surface area contributed by atoms with Gasteiger partial charge in [0.05, 0.1) is 6.61 Å². The lowest BCUT2D eigenvalue weighted by atomic mass is 10.4. The van der Waals surface area contributed by atoms with Gasteiger partial charge in [-0.2, -0.15) is 0 Å². The van der Waals surface area contributed by atoms with Crippen molar-refractivity contribution in [2.45, 2.75) is 12.8 Å². The molecule has 3 heteroatoms. The molecule has 0 radical (unpaired) electrons. The first kappa shape index (κ1) is 8.88. The summed E-state index contributed by atoms with van der Waals surface area (Å²) in [7, 11) is 0. The van der Waals surface area contributed by atoms with E-state index in [1.165, 1.54) is 25.9 Å². The number of hydrogen-bond donors (Lipinski definition) is 1. The van der Waals surface area contributed by atoms with Crippen LogP contribution in [0.1, 0.15) is 12.8 Å². The third-order valence-electron chi connectivity index (χ3n) is 1.61. The summed E-state index contributed by atoms with van der Waals surface area (Å²) in [6.45, 7) is 3.58. The lowest BCUT2D eigenvalue weighted by Gasteiger charge is -2.10. The minimum absolute atomic E-state index is 0. The number of likely N-dealkylation sites (tertiary alicyclic amines) is 1. The van der Waals surface area contributed by atoms with E-state index in [0.29, 0.717) is 6.61 Å². The Morgan fingerprint density at radius 1 is 1.22 bits per heavy atom. The molecule has 0 aromatic rings. The van der Waals surface area contributed by atoms with Crippen LogP contribution in [0.4, 0.5) is 0 Å². The van der Waals surface area contributed by atoms with E-state index in [9.17, 15) is 0 Å². The molecular formula is C6H15NO2. The maximum absolute atomic E-state index is 8.48. The molecule has 9 heavy (non-hydrogen) atoms. The lowest BCUT2D eigenvalue weighted by Crippen LogP contribution is -2.22. The van der Waals surface area contributed by atoms with Crippen molar-refractivity contribution >= 4 is 0 Å². The molecule has 0 atom stereocenters. The van der Waals surface area contributed by atoms with E-state index in [1.807, 2.05) is 0 Å². The second kappa shape index (κ2) is 4.73. The van der Waals surface area contributed by atoms with Gasteiger partial charge in [-0.15, -0.1) is 0 Å². The van der Waals surface area contributed by atoms with Gasteiger partial charge in [-0.3, -0.25) is 0 Å². The fourth-order valence-corrected chi connectivity index (χ4v) is 1.15. The van der Waals surface area contributed by atoms with Crippen molar-refractivity contribution in [3.8, 4) is 0 Å². The molecule has 0 bridgehead atoms. The number of aliphatic hydroxyl groups excluding tert-OH is 1. The Hall–Kier alpha value is -0.120. The van der Waals surface area contributed by atoms with E-state index in [4.69, 9.17) is 5.11 Å². The van der Waals surface area contributed by atoms with Crippen molar-refractivity contribution in [1.29, 1.82) is 0 Å². The Kier molecular flexibility index (Phi) is 4.67. The van der Waals surface area contributed by atoms with Crippen molar-refractivity contribution in [2.24, 2.45) is 0 Å². The Morgan fingerprint density at radius 2 is 1.78 bits per heavy atom. The Morgan fingerprint density at radius 3 is 2.22 bits per heavy atom. The number of rotatable bonds is 2. The van der Waals surface area contributed by atoms with Crippen LogP contribution in [0.2, 0.25) is 0 Å². The lowest BCUT2D eigenvalue weighted by molar-refractivity contribution is 0.221. The monoisotopic (exact) mass is 133 g/mol. The maximum Gasteiger partial charge on any atom is 0.0558 e. The molecule has 56 valence electrons. The van der Waals surface area contributed by atoms with Gasteiger partial charge >= 0.3 is 0 Å². The van der Waals surface area contributed by atoms with Crippen molar-refractivity contribution in [3.63, 3.8) is 0 Å². The van der Waals surface area contributed by atoms with E-state index in [-0.39, 0.29) is 5.48 Å². The van der Waals surface area contributed by atoms with E-state index in [1.54, 1.807) is 0 Å². The Balaban J connectivity index is 0.000000640. The zero-order valence-electron chi connectivity index (χ0n) is 5.64. The highest BCUT2D eigenvalue weighted by Crippen LogP contribution is 2.04. The van der Waals surface area contributed by atoms with E-state index in [2.05, 4.69) is 4.90 Å². The minimum atomic E-state index is 0. The molecule has 1 aliphatic rings. The molecule has 0 amide bonds. The first-order valence-electron chi connectivity index (χ1n) is 3.26. The van der Waals surface area contributed by atoms with Crippen molar-refractivity contribution in [3.05, 3.63) is 0 Å². The largest absolute Gasteiger partial charge is 0.412 e. The average molecular weight is 133 g/mol. The summed E-state index contributed by atoms with van der Waals surface area (Å²) >= 11 is 0. The molecule has 0 spiro atoms. The quantitative estimate of drug-likeness (QED) is 0.539. The molecule has 3 nitrogen and oxygen atoms in total. The fourth-order valence-electron chi connectivity index (χ4n) is 1.15. The summed E-state index contributed by atoms with van der Waals surface area (Å²) in [5.74, 6) is 0. The molecular weight excluding hydrogens is 118 g/mol. The van der Waals surface area contributed by atoms with Crippen molar-refractivity contribution in [2.75, 3.05) is 26.2 Å². The predicted molar refractivity (Wildman–Crippen MR) is 36.4 cm³/mol. The molecule has 1 aliphatic heterocycles. The first-order chi connectivity index (χ1) is 3.93. The number of β-amino-alcohol motifs (C(OH)–C–C–N with tert-alkyl or cyclic N) is 1. The second-order valence-corrected chi connectivity index (χ2v) is 2.27. The third-order valence-corrected chi connectivity index (χ3v) is 1.61. The van der Waals surface area contributed by atoms with E-state index in [0.717, 1.165) is 6.54 Å². The van der Waals surface area contributed by atoms with Gasteiger partial charge in [0, 0.05) is 6.54 Å². The SMILES string of the molecule is O.OCCN1CCCC1. The smallest absolute Gasteiger partial charge is 0.0558 e. The van der Waals surface area contributed by atoms with Crippen LogP contribution in [0.3, 0.4) is 0 Å². The normalized spacial score (nSPS) is 19.7. The molecule has 0 aromatic heterocycles. The molecule has 0 aromatic carbocycles. The highest BCUT2D eigenvalue weighted by atomic mass is 16.3. The molecule has 3 N–H and O–H groups in total. The van der Waals surface area contributed by atoms with Crippen LogP contribution in [-0.4, -0.2) is 41.7 Å². The Bertz CT molecular complexity index is 62.1. The number of hydrogen-bond acceptors (Lipinski definition) is 2. The topological polar surface area (TPSA) is 55.0 Å². The van der Waals surface area contributed by atoms with E-state index < -0.39 is 0 Å². The van der Waals surface area contributed by atoms with Gasteiger partial charge in [0.1, 0.15) is 0 Å². The first-order valence-corrected chi connectivity index (χ1v) is 3.26. The van der Waals surface area contributed by atoms with Crippen LogP contribution in [0.15, 0.2) is 0 Å². The van der Waals surface area contributed by atoms with Crippen LogP contribution >= 0.6 is 0 Å². The highest BCUT2D eigenvalue weighted by molar-refractivity contribution is 4.64. The standard InChI is InChI=1S/C6H13NO.H2O/c8-6-5-7-3-1-2-4-7;/h8H,1-6H2;1H2. The van der Waals surface area contributed by atoms with Crippen LogP contribution in [0.25, 0.3) is 0 Å². The van der Waals surface area contributed by atoms with Gasteiger partial charge in [0.15, 0.2) is 0 Å². The van der Waals surface area contributed by atoms with Gasteiger partial charge in [-0.05, 0) is 25.9 Å². The zero-order chi connectivity index (χ0) is 5.82. The second-order valence-electron chi connectivity index (χ2n) is 2.27. The average Bonchev–Trinajstić information content (AvgIpc) is 2.19. The molecule has 0 unspecified atom stereocenters. The van der Waals surface area contributed by atoms with Gasteiger partial charge in [-0.25, -0.2) is 0 Å². The van der Waals surface area contributed by atoms with Crippen molar-refractivity contribution < 1.29 is 10.6 Å². The summed E-state index contributed by atoms with van der Waals surface area (Å²) in [5, 5.41) is 8.48. The highest BCUT2D eigenvalue weighted by Gasteiger charge is 2.08. The van der Waals surface area contributed by atoms with Crippen LogP contribution in [0, 0.1) is 0 Å². The molecule has 0 aliphatic carbocycles. The van der Waals surface area contributed by atoms with Crippen molar-refractivity contribution in [1.82, 2.24) is 4.90 Å². The molecule has 1 fully saturated rings. The molecule has 1 saturated heterocycles. The Labute approximate surface area is 55.6 Å². The molecule has 0 saturated carbocycles. The van der Waals surface area contributed by atoms with Gasteiger partial charge < -0.3 is 15.5 Å². The summed E-state index contributed by atoms with van der Waals surface area (Å²) < 4.78 is 0. The summed E-state index contributed by atoms with van der Waals surface area (Å²) in [4.78, 5) is 2.29. The minimum Gasteiger partial charge on any atom is -0.412 e. The fraction of sp³-hybridized carbons (Fsp3) is 1.00. The number of nitrogens with zero attached hydrogens (tertiary/aromatic N) is 1. The summed E-state index contributed by atoms with van der Waals surface area (Å²) in [6, 6.07) is 0. The summed E-state index contributed by atoms with van der Waals surface area (Å²) in [5.41, 5.74) is 0. The predicted octanol–water partition coefficient (Wildman–Crippen LogP) is -0.750. The van der Waals surface area contributed by atoms with Crippen LogP contribution < -0.4 is 0 Å². The van der Waals surface area contributed by atoms with Gasteiger partial charge in [-0.1, -0.05) is 0 Å². The van der Waals surface area contributed by atoms with Gasteiger partial charge in [0.25, 0.3) is 0 Å². The number of aliphatic hydroxyl groups is 1. The molecule has 1 rings (SSSR count). The van der Waals surface area contributed by atoms with Gasteiger partial charge in [0.2, 0.25) is 0 Å². The van der Waals surface area contributed by atoms with E-state index >= 15 is 0 Å². The third kappa shape index (κ3) is 2.79. The molecule has 1 heterocycles. The maximum atomic E-state index is 8.48. The van der Waals surface area contributed by atoms with Crippen LogP contribution in [-0.2, 0) is 0 Å². The van der Waals surface area contributed by atoms with Crippen LogP contribution in [0.5, 0.6) is 0 Å². The summed E-state index contributed by atoms with van der Waals surface area (Å²) in [6.07, 6.45) is 2.64.